The van der Waals surface area contributed by atoms with Crippen molar-refractivity contribution in [3.63, 3.8) is 0 Å². The first-order chi connectivity index (χ1) is 5.45. The summed E-state index contributed by atoms with van der Waals surface area (Å²) in [5, 5.41) is 3.54. The highest BCUT2D eigenvalue weighted by molar-refractivity contribution is 5.38. The molecule has 1 aliphatic heterocycles. The highest BCUT2D eigenvalue weighted by Crippen LogP contribution is 2.49. The third-order valence-electron chi connectivity index (χ3n) is 3.04. The normalized spacial score (nSPS) is 39.3. The fourth-order valence-corrected chi connectivity index (χ4v) is 2.29. The fraction of sp³-hybridized carbons (Fsp3) is 0.600. The quantitative estimate of drug-likeness (QED) is 0.551. The maximum Gasteiger partial charge on any atom is 0.0177 e. The highest BCUT2D eigenvalue weighted by Gasteiger charge is 2.41. The van der Waals surface area contributed by atoms with Crippen LogP contribution < -0.4 is 5.32 Å². The van der Waals surface area contributed by atoms with Crippen molar-refractivity contribution in [2.24, 2.45) is 11.8 Å². The van der Waals surface area contributed by atoms with E-state index in [2.05, 4.69) is 17.5 Å². The zero-order valence-corrected chi connectivity index (χ0v) is 6.64. The van der Waals surface area contributed by atoms with Gasteiger partial charge in [-0.3, -0.25) is 0 Å². The molecule has 11 heavy (non-hydrogen) atoms. The van der Waals surface area contributed by atoms with Crippen LogP contribution >= 0.6 is 0 Å². The van der Waals surface area contributed by atoms with Crippen molar-refractivity contribution in [1.29, 1.82) is 0 Å². The van der Waals surface area contributed by atoms with Crippen molar-refractivity contribution in [3.05, 3.63) is 23.4 Å². The van der Waals surface area contributed by atoms with Gasteiger partial charge in [0.15, 0.2) is 0 Å². The Labute approximate surface area is 67.2 Å². The maximum atomic E-state index is 3.54. The lowest BCUT2D eigenvalue weighted by molar-refractivity contribution is 0.619. The second-order valence-corrected chi connectivity index (χ2v) is 3.83. The molecule has 0 radical (unpaired) electrons. The van der Waals surface area contributed by atoms with Crippen LogP contribution in [0.3, 0.4) is 0 Å². The summed E-state index contributed by atoms with van der Waals surface area (Å²) in [7, 11) is 0. The third-order valence-corrected chi connectivity index (χ3v) is 3.04. The third kappa shape index (κ3) is 0.770. The number of fused-ring (bicyclic) bond motifs is 2. The van der Waals surface area contributed by atoms with Gasteiger partial charge in [0.2, 0.25) is 0 Å². The molecular formula is C10H13N. The van der Waals surface area contributed by atoms with Crippen LogP contribution in [0.25, 0.3) is 0 Å². The number of hydrogen-bond donors (Lipinski definition) is 1. The van der Waals surface area contributed by atoms with Crippen molar-refractivity contribution in [1.82, 2.24) is 5.32 Å². The number of nitrogens with one attached hydrogen (secondary N) is 1. The van der Waals surface area contributed by atoms with E-state index in [1.807, 2.05) is 0 Å². The second-order valence-electron chi connectivity index (χ2n) is 3.83. The van der Waals surface area contributed by atoms with Gasteiger partial charge in [0.05, 0.1) is 0 Å². The van der Waals surface area contributed by atoms with Crippen molar-refractivity contribution >= 4 is 0 Å². The Hall–Kier alpha value is -0.720. The largest absolute Gasteiger partial charge is 0.388 e. The summed E-state index contributed by atoms with van der Waals surface area (Å²) in [5.74, 6) is 1.80. The molecule has 58 valence electrons. The molecule has 0 amide bonds. The zero-order chi connectivity index (χ0) is 7.26. The molecule has 1 heteroatoms. The standard InChI is InChI=1S/C10H13N/c1-2-7-3-4-8-6-9(8)10(7)11-5-1/h3-4,8-9,11H,1-2,5-6H2. The maximum absolute atomic E-state index is 3.54. The Bertz CT molecular complexity index is 250. The summed E-state index contributed by atoms with van der Waals surface area (Å²) in [6, 6.07) is 0. The molecule has 0 aromatic rings. The van der Waals surface area contributed by atoms with Crippen molar-refractivity contribution in [2.75, 3.05) is 6.54 Å². The molecule has 1 fully saturated rings. The van der Waals surface area contributed by atoms with Gasteiger partial charge in [0.25, 0.3) is 0 Å². The molecule has 2 atom stereocenters. The Morgan fingerprint density at radius 1 is 1.45 bits per heavy atom. The van der Waals surface area contributed by atoms with Crippen molar-refractivity contribution in [3.8, 4) is 0 Å². The van der Waals surface area contributed by atoms with Gasteiger partial charge in [-0.15, -0.1) is 0 Å². The number of allylic oxidation sites excluding steroid dienone is 4. The molecule has 1 saturated carbocycles. The minimum absolute atomic E-state index is 0.898. The van der Waals surface area contributed by atoms with Gasteiger partial charge >= 0.3 is 0 Å². The van der Waals surface area contributed by atoms with Gasteiger partial charge in [-0.2, -0.15) is 0 Å². The smallest absolute Gasteiger partial charge is 0.0177 e. The van der Waals surface area contributed by atoms with Gasteiger partial charge in [-0.25, -0.2) is 0 Å². The Balaban J connectivity index is 2.01. The minimum Gasteiger partial charge on any atom is -0.388 e. The average molecular weight is 147 g/mol. The number of rotatable bonds is 0. The summed E-state index contributed by atoms with van der Waals surface area (Å²) < 4.78 is 0. The molecule has 2 aliphatic carbocycles. The molecule has 0 aromatic carbocycles. The molecule has 3 rings (SSSR count). The summed E-state index contributed by atoms with van der Waals surface area (Å²) >= 11 is 0. The van der Waals surface area contributed by atoms with Crippen LogP contribution in [-0.2, 0) is 0 Å². The van der Waals surface area contributed by atoms with Gasteiger partial charge in [0.1, 0.15) is 0 Å². The van der Waals surface area contributed by atoms with Crippen LogP contribution in [0.4, 0.5) is 0 Å². The lowest BCUT2D eigenvalue weighted by Gasteiger charge is -2.22. The van der Waals surface area contributed by atoms with Gasteiger partial charge in [0, 0.05) is 18.2 Å². The summed E-state index contributed by atoms with van der Waals surface area (Å²) in [4.78, 5) is 0. The van der Waals surface area contributed by atoms with E-state index in [1.54, 1.807) is 11.3 Å². The first-order valence-corrected chi connectivity index (χ1v) is 4.60. The van der Waals surface area contributed by atoms with E-state index in [9.17, 15) is 0 Å². The Morgan fingerprint density at radius 3 is 3.45 bits per heavy atom. The fourth-order valence-electron chi connectivity index (χ4n) is 2.29. The van der Waals surface area contributed by atoms with E-state index < -0.39 is 0 Å². The van der Waals surface area contributed by atoms with Crippen molar-refractivity contribution < 1.29 is 0 Å². The molecule has 0 aromatic heterocycles. The lowest BCUT2D eigenvalue weighted by atomic mass is 9.96. The summed E-state index contributed by atoms with van der Waals surface area (Å²) in [6.45, 7) is 1.20. The SMILES string of the molecule is C1=CC2CC2C2=C1CCCN2. The van der Waals surface area contributed by atoms with E-state index >= 15 is 0 Å². The molecular weight excluding hydrogens is 134 g/mol. The summed E-state index contributed by atoms with van der Waals surface area (Å²) in [5.41, 5.74) is 3.18. The molecule has 2 unspecified atom stereocenters. The Morgan fingerprint density at radius 2 is 2.45 bits per heavy atom. The van der Waals surface area contributed by atoms with Crippen LogP contribution in [0.15, 0.2) is 23.4 Å². The van der Waals surface area contributed by atoms with Crippen LogP contribution in [0.2, 0.25) is 0 Å². The first-order valence-electron chi connectivity index (χ1n) is 4.60. The minimum atomic E-state index is 0.898. The topological polar surface area (TPSA) is 12.0 Å². The van der Waals surface area contributed by atoms with Crippen molar-refractivity contribution in [2.45, 2.75) is 19.3 Å². The van der Waals surface area contributed by atoms with E-state index in [0.717, 1.165) is 11.8 Å². The van der Waals surface area contributed by atoms with Gasteiger partial charge in [-0.05, 0) is 30.8 Å². The van der Waals surface area contributed by atoms with E-state index in [1.165, 1.54) is 25.8 Å². The second kappa shape index (κ2) is 1.90. The molecule has 0 spiro atoms. The molecule has 1 N–H and O–H groups in total. The van der Waals surface area contributed by atoms with Gasteiger partial charge < -0.3 is 5.32 Å². The molecule has 0 saturated heterocycles. The van der Waals surface area contributed by atoms with Gasteiger partial charge in [-0.1, -0.05) is 12.2 Å². The molecule has 0 bridgehead atoms. The monoisotopic (exact) mass is 147 g/mol. The van der Waals surface area contributed by atoms with Crippen LogP contribution in [0, 0.1) is 11.8 Å². The highest BCUT2D eigenvalue weighted by atomic mass is 14.9. The van der Waals surface area contributed by atoms with E-state index in [4.69, 9.17) is 0 Å². The first kappa shape index (κ1) is 5.87. The summed E-state index contributed by atoms with van der Waals surface area (Å²) in [6.07, 6.45) is 8.77. The predicted molar refractivity (Wildman–Crippen MR) is 45.0 cm³/mol. The van der Waals surface area contributed by atoms with Crippen LogP contribution in [-0.4, -0.2) is 6.54 Å². The number of hydrogen-bond acceptors (Lipinski definition) is 1. The van der Waals surface area contributed by atoms with E-state index in [0.29, 0.717) is 0 Å². The Kier molecular flexibility index (Phi) is 1.02. The van der Waals surface area contributed by atoms with Crippen LogP contribution in [0.1, 0.15) is 19.3 Å². The molecule has 1 nitrogen and oxygen atoms in total. The predicted octanol–water partition coefficient (Wildman–Crippen LogP) is 1.83. The van der Waals surface area contributed by atoms with Crippen LogP contribution in [0.5, 0.6) is 0 Å². The lowest BCUT2D eigenvalue weighted by Crippen LogP contribution is -2.24. The average Bonchev–Trinajstić information content (AvgIpc) is 2.83. The van der Waals surface area contributed by atoms with E-state index in [-0.39, 0.29) is 0 Å². The molecule has 3 aliphatic rings. The zero-order valence-electron chi connectivity index (χ0n) is 6.64. The molecule has 1 heterocycles.